The number of H-pyrrole nitrogens is 1. The molecule has 2 unspecified atom stereocenters. The molecule has 6 heteroatoms. The lowest BCUT2D eigenvalue weighted by Crippen LogP contribution is -2.42. The molecule has 2 atom stereocenters. The number of hydrogen-bond donors (Lipinski definition) is 1. The van der Waals surface area contributed by atoms with E-state index in [0.29, 0.717) is 0 Å². The number of rotatable bonds is 5. The molecule has 1 amide bonds. The molecule has 2 heterocycles. The minimum absolute atomic E-state index is 0.00544. The van der Waals surface area contributed by atoms with Gasteiger partial charge in [-0.05, 0) is 56.4 Å². The van der Waals surface area contributed by atoms with Crippen LogP contribution in [0.5, 0.6) is 0 Å². The monoisotopic (exact) mass is 375 g/mol. The molecule has 1 saturated heterocycles. The van der Waals surface area contributed by atoms with E-state index >= 15 is 0 Å². The first-order valence-electron chi connectivity index (χ1n) is 8.66. The summed E-state index contributed by atoms with van der Waals surface area (Å²) in [7, 11) is 0. The van der Waals surface area contributed by atoms with E-state index in [0.717, 1.165) is 42.9 Å². The number of aromatic nitrogens is 2. The smallest absolute Gasteiger partial charge is 0.236 e. The van der Waals surface area contributed by atoms with Gasteiger partial charge in [0.2, 0.25) is 5.91 Å². The molecule has 0 spiro atoms. The van der Waals surface area contributed by atoms with E-state index in [-0.39, 0.29) is 17.2 Å². The molecule has 1 N–H and O–H groups in total. The summed E-state index contributed by atoms with van der Waals surface area (Å²) in [5.74, 6) is 1.13. The van der Waals surface area contributed by atoms with Crippen molar-refractivity contribution in [2.45, 2.75) is 42.4 Å². The Labute approximate surface area is 158 Å². The molecule has 2 aromatic rings. The van der Waals surface area contributed by atoms with E-state index in [4.69, 9.17) is 0 Å². The number of aromatic amines is 1. The van der Waals surface area contributed by atoms with Gasteiger partial charge in [-0.3, -0.25) is 4.79 Å². The highest BCUT2D eigenvalue weighted by atomic mass is 32.2. The number of piperidine rings is 1. The zero-order valence-corrected chi connectivity index (χ0v) is 16.6. The molecule has 0 radical (unpaired) electrons. The van der Waals surface area contributed by atoms with Crippen LogP contribution in [0.1, 0.15) is 38.1 Å². The van der Waals surface area contributed by atoms with Crippen molar-refractivity contribution in [1.29, 1.82) is 0 Å². The maximum atomic E-state index is 12.7. The van der Waals surface area contributed by atoms with Gasteiger partial charge in [0, 0.05) is 11.4 Å². The van der Waals surface area contributed by atoms with E-state index in [9.17, 15) is 4.79 Å². The average Bonchev–Trinajstić information content (AvgIpc) is 3.17. The number of thioether (sulfide) groups is 2. The maximum Gasteiger partial charge on any atom is 0.236 e. The minimum Gasteiger partial charge on any atom is -0.340 e. The van der Waals surface area contributed by atoms with Crippen LogP contribution in [-0.4, -0.2) is 45.1 Å². The Morgan fingerprint density at radius 3 is 2.72 bits per heavy atom. The Hall–Kier alpha value is -1.40. The van der Waals surface area contributed by atoms with Crippen LogP contribution in [0.3, 0.4) is 0 Å². The molecule has 0 bridgehead atoms. The third kappa shape index (κ3) is 4.06. The first kappa shape index (κ1) is 18.4. The highest BCUT2D eigenvalue weighted by Crippen LogP contribution is 2.32. The van der Waals surface area contributed by atoms with Gasteiger partial charge < -0.3 is 9.88 Å². The van der Waals surface area contributed by atoms with Gasteiger partial charge in [0.25, 0.3) is 0 Å². The predicted molar refractivity (Wildman–Crippen MR) is 107 cm³/mol. The Balaban J connectivity index is 1.82. The van der Waals surface area contributed by atoms with Gasteiger partial charge in [0.1, 0.15) is 5.82 Å². The van der Waals surface area contributed by atoms with Gasteiger partial charge in [-0.25, -0.2) is 4.98 Å². The van der Waals surface area contributed by atoms with Crippen LogP contribution in [0.4, 0.5) is 0 Å². The van der Waals surface area contributed by atoms with Crippen LogP contribution in [-0.2, 0) is 4.79 Å². The van der Waals surface area contributed by atoms with Crippen LogP contribution >= 0.6 is 23.5 Å². The number of likely N-dealkylation sites (tertiary alicyclic amines) is 1. The number of imidazole rings is 1. The number of amides is 1. The molecule has 0 aliphatic carbocycles. The summed E-state index contributed by atoms with van der Waals surface area (Å²) < 4.78 is 0. The fourth-order valence-electron chi connectivity index (χ4n) is 3.24. The Morgan fingerprint density at radius 2 is 2.04 bits per heavy atom. The predicted octanol–water partition coefficient (Wildman–Crippen LogP) is 4.60. The second-order valence-electron chi connectivity index (χ2n) is 6.33. The number of nitrogens with zero attached hydrogens (tertiary/aromatic N) is 2. The van der Waals surface area contributed by atoms with E-state index in [1.165, 1.54) is 4.90 Å². The molecule has 25 heavy (non-hydrogen) atoms. The Morgan fingerprint density at radius 1 is 1.28 bits per heavy atom. The SMILES string of the molecule is CSc1ccc(-c2cnc(C3CCCCN3C(=O)C(C)SC)[nH]2)cc1. The maximum absolute atomic E-state index is 12.7. The summed E-state index contributed by atoms with van der Waals surface area (Å²) in [6.07, 6.45) is 9.15. The van der Waals surface area contributed by atoms with E-state index in [1.54, 1.807) is 23.5 Å². The topological polar surface area (TPSA) is 49.0 Å². The normalized spacial score (nSPS) is 19.0. The van der Waals surface area contributed by atoms with Crippen molar-refractivity contribution in [3.8, 4) is 11.3 Å². The van der Waals surface area contributed by atoms with Crippen molar-refractivity contribution < 1.29 is 4.79 Å². The van der Waals surface area contributed by atoms with E-state index < -0.39 is 0 Å². The molecule has 1 aromatic carbocycles. The number of hydrogen-bond acceptors (Lipinski definition) is 4. The quantitative estimate of drug-likeness (QED) is 0.776. The lowest BCUT2D eigenvalue weighted by molar-refractivity contribution is -0.134. The molecular weight excluding hydrogens is 350 g/mol. The number of benzene rings is 1. The van der Waals surface area contributed by atoms with Gasteiger partial charge >= 0.3 is 0 Å². The van der Waals surface area contributed by atoms with Crippen LogP contribution in [0.15, 0.2) is 35.4 Å². The first-order valence-corrected chi connectivity index (χ1v) is 11.2. The van der Waals surface area contributed by atoms with Gasteiger partial charge in [-0.1, -0.05) is 12.1 Å². The average molecular weight is 376 g/mol. The van der Waals surface area contributed by atoms with Crippen molar-refractivity contribution in [2.24, 2.45) is 0 Å². The summed E-state index contributed by atoms with van der Waals surface area (Å²) >= 11 is 3.34. The molecule has 134 valence electrons. The molecule has 1 fully saturated rings. The Bertz CT molecular complexity index is 714. The van der Waals surface area contributed by atoms with Gasteiger partial charge in [0.15, 0.2) is 0 Å². The highest BCUT2D eigenvalue weighted by molar-refractivity contribution is 7.99. The van der Waals surface area contributed by atoms with Crippen molar-refractivity contribution in [2.75, 3.05) is 19.1 Å². The van der Waals surface area contributed by atoms with Crippen LogP contribution < -0.4 is 0 Å². The fraction of sp³-hybridized carbons (Fsp3) is 0.474. The molecular formula is C19H25N3OS2. The largest absolute Gasteiger partial charge is 0.340 e. The molecule has 4 nitrogen and oxygen atoms in total. The lowest BCUT2D eigenvalue weighted by atomic mass is 10.0. The van der Waals surface area contributed by atoms with Crippen LogP contribution in [0, 0.1) is 0 Å². The van der Waals surface area contributed by atoms with Crippen LogP contribution in [0.2, 0.25) is 0 Å². The van der Waals surface area contributed by atoms with E-state index in [2.05, 4.69) is 40.5 Å². The third-order valence-electron chi connectivity index (χ3n) is 4.80. The standard InChI is InChI=1S/C19H25N3OS2/c1-13(24-2)19(23)22-11-5-4-6-17(22)18-20-12-16(21-18)14-7-9-15(25-3)10-8-14/h7-10,12-13,17H,4-6,11H2,1-3H3,(H,20,21). The zero-order chi connectivity index (χ0) is 17.8. The van der Waals surface area contributed by atoms with E-state index in [1.807, 2.05) is 24.3 Å². The molecule has 1 aromatic heterocycles. The molecule has 1 aliphatic heterocycles. The van der Waals surface area contributed by atoms with Gasteiger partial charge in [0.05, 0.1) is 23.2 Å². The molecule has 3 rings (SSSR count). The lowest BCUT2D eigenvalue weighted by Gasteiger charge is -2.36. The number of carbonyl (C=O) groups excluding carboxylic acids is 1. The van der Waals surface area contributed by atoms with Crippen LogP contribution in [0.25, 0.3) is 11.3 Å². The highest BCUT2D eigenvalue weighted by Gasteiger charge is 2.32. The summed E-state index contributed by atoms with van der Waals surface area (Å²) in [5.41, 5.74) is 2.14. The summed E-state index contributed by atoms with van der Waals surface area (Å²) in [6, 6.07) is 8.54. The Kier molecular flexibility index (Phi) is 6.12. The minimum atomic E-state index is -0.00544. The van der Waals surface area contributed by atoms with Crippen molar-refractivity contribution in [3.05, 3.63) is 36.3 Å². The summed E-state index contributed by atoms with van der Waals surface area (Å²) in [5, 5.41) is -0.00544. The summed E-state index contributed by atoms with van der Waals surface area (Å²) in [6.45, 7) is 2.81. The number of nitrogens with one attached hydrogen (secondary N) is 1. The molecule has 1 aliphatic rings. The fourth-order valence-corrected chi connectivity index (χ4v) is 3.98. The van der Waals surface area contributed by atoms with Crippen molar-refractivity contribution in [1.82, 2.24) is 14.9 Å². The molecule has 0 saturated carbocycles. The van der Waals surface area contributed by atoms with Gasteiger partial charge in [-0.2, -0.15) is 11.8 Å². The third-order valence-corrected chi connectivity index (χ3v) is 6.45. The van der Waals surface area contributed by atoms with Crippen molar-refractivity contribution in [3.63, 3.8) is 0 Å². The second-order valence-corrected chi connectivity index (χ2v) is 8.39. The number of carbonyl (C=O) groups is 1. The summed E-state index contributed by atoms with van der Waals surface area (Å²) in [4.78, 5) is 24.1. The zero-order valence-electron chi connectivity index (χ0n) is 15.0. The second kappa shape index (κ2) is 8.32. The van der Waals surface area contributed by atoms with Gasteiger partial charge in [-0.15, -0.1) is 11.8 Å². The van der Waals surface area contributed by atoms with Crippen molar-refractivity contribution >= 4 is 29.4 Å². The first-order chi connectivity index (χ1) is 12.1.